The molecule has 1 fully saturated rings. The van der Waals surface area contributed by atoms with Gasteiger partial charge in [0.05, 0.1) is 12.3 Å². The van der Waals surface area contributed by atoms with E-state index in [4.69, 9.17) is 0 Å². The summed E-state index contributed by atoms with van der Waals surface area (Å²) in [6, 6.07) is 10.1. The number of anilines is 1. The minimum Gasteiger partial charge on any atom is -0.396 e. The van der Waals surface area contributed by atoms with Gasteiger partial charge in [-0.1, -0.05) is 24.3 Å². The van der Waals surface area contributed by atoms with Gasteiger partial charge in [0.15, 0.2) is 0 Å². The summed E-state index contributed by atoms with van der Waals surface area (Å²) in [6.45, 7) is 1.98. The molecule has 106 valence electrons. The van der Waals surface area contributed by atoms with E-state index < -0.39 is 0 Å². The molecule has 1 aromatic carbocycles. The van der Waals surface area contributed by atoms with Crippen LogP contribution in [0.5, 0.6) is 0 Å². The normalized spacial score (nSPS) is 19.5. The van der Waals surface area contributed by atoms with Crippen LogP contribution in [0.3, 0.4) is 0 Å². The molecule has 0 bridgehead atoms. The first-order valence-corrected chi connectivity index (χ1v) is 7.17. The van der Waals surface area contributed by atoms with Crippen LogP contribution in [0.25, 0.3) is 10.8 Å². The fraction of sp³-hybridized carbons (Fsp3) is 0.438. The van der Waals surface area contributed by atoms with E-state index in [1.165, 1.54) is 0 Å². The van der Waals surface area contributed by atoms with Crippen LogP contribution in [-0.4, -0.2) is 34.9 Å². The molecule has 1 atom stereocenters. The Morgan fingerprint density at radius 1 is 1.25 bits per heavy atom. The van der Waals surface area contributed by atoms with Crippen molar-refractivity contribution in [3.8, 4) is 0 Å². The van der Waals surface area contributed by atoms with Crippen LogP contribution in [0, 0.1) is 5.92 Å². The van der Waals surface area contributed by atoms with Gasteiger partial charge in [-0.05, 0) is 30.2 Å². The fourth-order valence-electron chi connectivity index (χ4n) is 2.96. The van der Waals surface area contributed by atoms with E-state index in [9.17, 15) is 10.2 Å². The number of nitrogens with zero attached hydrogens (tertiary/aromatic N) is 2. The van der Waals surface area contributed by atoms with Crippen LogP contribution < -0.4 is 4.90 Å². The molecule has 1 aliphatic rings. The van der Waals surface area contributed by atoms with Crippen molar-refractivity contribution >= 4 is 16.6 Å². The van der Waals surface area contributed by atoms with Crippen molar-refractivity contribution in [3.63, 3.8) is 0 Å². The van der Waals surface area contributed by atoms with Gasteiger partial charge in [-0.15, -0.1) is 0 Å². The van der Waals surface area contributed by atoms with E-state index in [1.807, 2.05) is 24.3 Å². The predicted octanol–water partition coefficient (Wildman–Crippen LogP) is 1.94. The summed E-state index contributed by atoms with van der Waals surface area (Å²) < 4.78 is 0. The van der Waals surface area contributed by atoms with Crippen LogP contribution >= 0.6 is 0 Å². The average Bonchev–Trinajstić information content (AvgIpc) is 2.53. The van der Waals surface area contributed by atoms with Crippen molar-refractivity contribution in [3.05, 3.63) is 36.0 Å². The summed E-state index contributed by atoms with van der Waals surface area (Å²) in [6.07, 6.45) is 2.15. The number of rotatable bonds is 3. The molecule has 3 rings (SSSR count). The number of pyridine rings is 1. The third-order valence-electron chi connectivity index (χ3n) is 4.01. The molecule has 1 unspecified atom stereocenters. The van der Waals surface area contributed by atoms with Gasteiger partial charge in [0.2, 0.25) is 0 Å². The molecule has 0 saturated carbocycles. The third kappa shape index (κ3) is 2.49. The number of fused-ring (bicyclic) bond motifs is 1. The van der Waals surface area contributed by atoms with Gasteiger partial charge in [-0.2, -0.15) is 0 Å². The second-order valence-corrected chi connectivity index (χ2v) is 5.45. The Bertz CT molecular complexity index is 600. The van der Waals surface area contributed by atoms with E-state index in [1.54, 1.807) is 0 Å². The molecule has 2 N–H and O–H groups in total. The van der Waals surface area contributed by atoms with Gasteiger partial charge in [0.1, 0.15) is 5.82 Å². The Hall–Kier alpha value is -1.65. The van der Waals surface area contributed by atoms with E-state index in [0.29, 0.717) is 11.6 Å². The summed E-state index contributed by atoms with van der Waals surface area (Å²) in [5.41, 5.74) is 0.699. The lowest BCUT2D eigenvalue weighted by molar-refractivity contribution is 0.208. The zero-order valence-corrected chi connectivity index (χ0v) is 11.5. The highest BCUT2D eigenvalue weighted by Crippen LogP contribution is 2.29. The highest BCUT2D eigenvalue weighted by molar-refractivity contribution is 5.92. The van der Waals surface area contributed by atoms with Crippen molar-refractivity contribution in [2.24, 2.45) is 5.92 Å². The summed E-state index contributed by atoms with van der Waals surface area (Å²) in [5, 5.41) is 21.0. The zero-order valence-electron chi connectivity index (χ0n) is 11.5. The molecule has 1 saturated heterocycles. The molecule has 1 aromatic heterocycles. The maximum Gasteiger partial charge on any atom is 0.136 e. The van der Waals surface area contributed by atoms with Gasteiger partial charge in [-0.3, -0.25) is 0 Å². The second kappa shape index (κ2) is 5.77. The van der Waals surface area contributed by atoms with E-state index in [2.05, 4.69) is 16.0 Å². The van der Waals surface area contributed by atoms with Gasteiger partial charge >= 0.3 is 0 Å². The Morgan fingerprint density at radius 3 is 2.90 bits per heavy atom. The summed E-state index contributed by atoms with van der Waals surface area (Å²) in [7, 11) is 0. The molecule has 0 aliphatic carbocycles. The van der Waals surface area contributed by atoms with Gasteiger partial charge in [0, 0.05) is 25.1 Å². The Kier molecular flexibility index (Phi) is 3.85. The van der Waals surface area contributed by atoms with Crippen molar-refractivity contribution in [2.45, 2.75) is 19.4 Å². The maximum absolute atomic E-state index is 9.40. The Balaban J connectivity index is 2.04. The molecule has 0 radical (unpaired) electrons. The van der Waals surface area contributed by atoms with Crippen molar-refractivity contribution in [1.82, 2.24) is 4.98 Å². The van der Waals surface area contributed by atoms with Crippen LogP contribution in [0.4, 0.5) is 5.82 Å². The lowest BCUT2D eigenvalue weighted by Crippen LogP contribution is -2.37. The molecular formula is C16H20N2O2. The number of aliphatic hydroxyl groups is 2. The number of hydrogen-bond acceptors (Lipinski definition) is 4. The van der Waals surface area contributed by atoms with E-state index in [0.717, 1.165) is 42.5 Å². The van der Waals surface area contributed by atoms with Crippen LogP contribution in [0.1, 0.15) is 18.5 Å². The number of aliphatic hydroxyl groups excluding tert-OH is 2. The molecular weight excluding hydrogens is 252 g/mol. The average molecular weight is 272 g/mol. The predicted molar refractivity (Wildman–Crippen MR) is 79.7 cm³/mol. The zero-order chi connectivity index (χ0) is 13.9. The highest BCUT2D eigenvalue weighted by atomic mass is 16.3. The third-order valence-corrected chi connectivity index (χ3v) is 4.01. The Morgan fingerprint density at radius 2 is 2.10 bits per heavy atom. The summed E-state index contributed by atoms with van der Waals surface area (Å²) >= 11 is 0. The first kappa shape index (κ1) is 13.3. The van der Waals surface area contributed by atoms with Gasteiger partial charge in [-0.25, -0.2) is 4.98 Å². The topological polar surface area (TPSA) is 56.6 Å². The number of hydrogen-bond donors (Lipinski definition) is 2. The largest absolute Gasteiger partial charge is 0.396 e. The monoisotopic (exact) mass is 272 g/mol. The van der Waals surface area contributed by atoms with Gasteiger partial charge < -0.3 is 15.1 Å². The molecule has 4 heteroatoms. The van der Waals surface area contributed by atoms with E-state index in [-0.39, 0.29) is 13.2 Å². The SMILES string of the molecule is OCc1cc2ccccc2c(N2CCCC(CO)C2)n1. The summed E-state index contributed by atoms with van der Waals surface area (Å²) in [5.74, 6) is 1.26. The number of benzene rings is 1. The first-order valence-electron chi connectivity index (χ1n) is 7.17. The fourth-order valence-corrected chi connectivity index (χ4v) is 2.96. The molecule has 2 heterocycles. The number of aromatic nitrogens is 1. The smallest absolute Gasteiger partial charge is 0.136 e. The van der Waals surface area contributed by atoms with Crippen molar-refractivity contribution in [1.29, 1.82) is 0 Å². The maximum atomic E-state index is 9.40. The molecule has 1 aliphatic heterocycles. The minimum atomic E-state index is -0.0465. The van der Waals surface area contributed by atoms with Crippen LogP contribution in [0.2, 0.25) is 0 Å². The van der Waals surface area contributed by atoms with Crippen LogP contribution in [0.15, 0.2) is 30.3 Å². The molecule has 4 nitrogen and oxygen atoms in total. The number of piperidine rings is 1. The first-order chi connectivity index (χ1) is 9.81. The van der Waals surface area contributed by atoms with Crippen molar-refractivity contribution in [2.75, 3.05) is 24.6 Å². The summed E-state index contributed by atoms with van der Waals surface area (Å²) in [4.78, 5) is 6.85. The standard InChI is InChI=1S/C16H20N2O2/c19-10-12-4-3-7-18(9-12)16-15-6-2-1-5-13(15)8-14(11-20)17-16/h1-2,5-6,8,12,19-20H,3-4,7,9-11H2. The molecule has 0 amide bonds. The highest BCUT2D eigenvalue weighted by Gasteiger charge is 2.22. The second-order valence-electron chi connectivity index (χ2n) is 5.45. The molecule has 20 heavy (non-hydrogen) atoms. The van der Waals surface area contributed by atoms with Gasteiger partial charge in [0.25, 0.3) is 0 Å². The molecule has 0 spiro atoms. The Labute approximate surface area is 118 Å². The quantitative estimate of drug-likeness (QED) is 0.896. The lowest BCUT2D eigenvalue weighted by atomic mass is 9.98. The van der Waals surface area contributed by atoms with Crippen molar-refractivity contribution < 1.29 is 10.2 Å². The molecule has 2 aromatic rings. The van der Waals surface area contributed by atoms with E-state index >= 15 is 0 Å². The lowest BCUT2D eigenvalue weighted by Gasteiger charge is -2.33. The van der Waals surface area contributed by atoms with Crippen LogP contribution in [-0.2, 0) is 6.61 Å². The minimum absolute atomic E-state index is 0.0465.